The van der Waals surface area contributed by atoms with Gasteiger partial charge in [-0.2, -0.15) is 0 Å². The predicted octanol–water partition coefficient (Wildman–Crippen LogP) is 2.34. The molecule has 0 radical (unpaired) electrons. The second-order valence-corrected chi connectivity index (χ2v) is 5.08. The predicted molar refractivity (Wildman–Crippen MR) is 72.8 cm³/mol. The van der Waals surface area contributed by atoms with Gasteiger partial charge in [-0.1, -0.05) is 19.4 Å². The van der Waals surface area contributed by atoms with Crippen molar-refractivity contribution in [3.05, 3.63) is 29.6 Å². The molecular weight excluding hydrogens is 210 g/mol. The molecule has 0 fully saturated rings. The van der Waals surface area contributed by atoms with E-state index in [0.29, 0.717) is 6.54 Å². The lowest BCUT2D eigenvalue weighted by Crippen LogP contribution is -2.49. The Hall–Kier alpha value is -0.930. The van der Waals surface area contributed by atoms with Gasteiger partial charge >= 0.3 is 0 Å². The molecule has 17 heavy (non-hydrogen) atoms. The van der Waals surface area contributed by atoms with Gasteiger partial charge in [0.25, 0.3) is 0 Å². The Morgan fingerprint density at radius 1 is 1.41 bits per heavy atom. The van der Waals surface area contributed by atoms with Crippen LogP contribution in [0.2, 0.25) is 0 Å². The average molecular weight is 235 g/mol. The highest BCUT2D eigenvalue weighted by atomic mass is 15.2. The fraction of sp³-hybridized carbons (Fsp3) is 0.643. The van der Waals surface area contributed by atoms with Gasteiger partial charge in [0.2, 0.25) is 0 Å². The van der Waals surface area contributed by atoms with E-state index in [-0.39, 0.29) is 5.54 Å². The van der Waals surface area contributed by atoms with Crippen LogP contribution in [0.15, 0.2) is 18.2 Å². The lowest BCUT2D eigenvalue weighted by Gasteiger charge is -2.38. The van der Waals surface area contributed by atoms with Crippen molar-refractivity contribution in [2.24, 2.45) is 5.73 Å². The number of rotatable bonds is 6. The first kappa shape index (κ1) is 14.1. The number of hydrogen-bond donors (Lipinski definition) is 1. The summed E-state index contributed by atoms with van der Waals surface area (Å²) in [7, 11) is 2.13. The van der Waals surface area contributed by atoms with Crippen LogP contribution in [0.5, 0.6) is 0 Å². The van der Waals surface area contributed by atoms with Crippen molar-refractivity contribution in [2.75, 3.05) is 13.6 Å². The third-order valence-corrected chi connectivity index (χ3v) is 3.50. The summed E-state index contributed by atoms with van der Waals surface area (Å²) < 4.78 is 0. The fourth-order valence-electron chi connectivity index (χ4n) is 2.11. The average Bonchev–Trinajstić information content (AvgIpc) is 2.29. The lowest BCUT2D eigenvalue weighted by atomic mass is 9.94. The molecular formula is C14H25N3. The molecule has 3 heteroatoms. The highest BCUT2D eigenvalue weighted by Gasteiger charge is 2.26. The molecule has 1 unspecified atom stereocenters. The molecule has 3 nitrogen and oxygen atoms in total. The maximum Gasteiger partial charge on any atom is 0.0547 e. The van der Waals surface area contributed by atoms with Crippen LogP contribution < -0.4 is 5.73 Å². The van der Waals surface area contributed by atoms with Gasteiger partial charge in [0, 0.05) is 24.3 Å². The fourth-order valence-corrected chi connectivity index (χ4v) is 2.11. The first-order chi connectivity index (χ1) is 8.01. The Labute approximate surface area is 105 Å². The van der Waals surface area contributed by atoms with Gasteiger partial charge in [-0.15, -0.1) is 0 Å². The van der Waals surface area contributed by atoms with E-state index in [2.05, 4.69) is 42.9 Å². The molecule has 1 aromatic rings. The summed E-state index contributed by atoms with van der Waals surface area (Å²) in [6.45, 7) is 8.00. The van der Waals surface area contributed by atoms with Crippen molar-refractivity contribution in [3.63, 3.8) is 0 Å². The zero-order valence-corrected chi connectivity index (χ0v) is 11.5. The summed E-state index contributed by atoms with van der Waals surface area (Å²) in [5.74, 6) is 0. The van der Waals surface area contributed by atoms with E-state index >= 15 is 0 Å². The molecule has 1 rings (SSSR count). The van der Waals surface area contributed by atoms with Crippen LogP contribution in [0.3, 0.4) is 0 Å². The summed E-state index contributed by atoms with van der Waals surface area (Å²) in [5.41, 5.74) is 8.17. The summed E-state index contributed by atoms with van der Waals surface area (Å²) in [6, 6.07) is 6.16. The summed E-state index contributed by atoms with van der Waals surface area (Å²) in [5, 5.41) is 0. The van der Waals surface area contributed by atoms with Gasteiger partial charge in [-0.25, -0.2) is 0 Å². The zero-order valence-electron chi connectivity index (χ0n) is 11.5. The van der Waals surface area contributed by atoms with E-state index in [1.54, 1.807) is 0 Å². The van der Waals surface area contributed by atoms with E-state index < -0.39 is 0 Å². The minimum Gasteiger partial charge on any atom is -0.329 e. The van der Waals surface area contributed by atoms with Gasteiger partial charge in [0.15, 0.2) is 0 Å². The second-order valence-electron chi connectivity index (χ2n) is 5.08. The van der Waals surface area contributed by atoms with Crippen LogP contribution in [-0.4, -0.2) is 29.0 Å². The molecule has 0 aliphatic rings. The monoisotopic (exact) mass is 235 g/mol. The number of pyridine rings is 1. The minimum absolute atomic E-state index is 0.0696. The Bertz CT molecular complexity index is 351. The van der Waals surface area contributed by atoms with Crippen LogP contribution in [-0.2, 0) is 6.54 Å². The molecule has 0 bridgehead atoms. The largest absolute Gasteiger partial charge is 0.329 e. The van der Waals surface area contributed by atoms with Crippen LogP contribution >= 0.6 is 0 Å². The first-order valence-electron chi connectivity index (χ1n) is 6.35. The number of nitrogens with zero attached hydrogens (tertiary/aromatic N) is 2. The van der Waals surface area contributed by atoms with Crippen molar-refractivity contribution < 1.29 is 0 Å². The smallest absolute Gasteiger partial charge is 0.0547 e. The zero-order chi connectivity index (χ0) is 12.9. The van der Waals surface area contributed by atoms with Crippen molar-refractivity contribution >= 4 is 0 Å². The van der Waals surface area contributed by atoms with Gasteiger partial charge < -0.3 is 5.73 Å². The molecule has 0 spiro atoms. The van der Waals surface area contributed by atoms with E-state index in [1.807, 2.05) is 13.0 Å². The van der Waals surface area contributed by atoms with Gasteiger partial charge in [-0.05, 0) is 39.4 Å². The van der Waals surface area contributed by atoms with E-state index in [0.717, 1.165) is 30.8 Å². The number of hydrogen-bond acceptors (Lipinski definition) is 3. The van der Waals surface area contributed by atoms with E-state index in [4.69, 9.17) is 5.73 Å². The molecule has 0 amide bonds. The van der Waals surface area contributed by atoms with Crippen molar-refractivity contribution in [2.45, 2.75) is 45.7 Å². The highest BCUT2D eigenvalue weighted by Crippen LogP contribution is 2.20. The molecule has 0 aliphatic heterocycles. The number of likely N-dealkylation sites (N-methyl/N-ethyl adjacent to an activating group) is 1. The van der Waals surface area contributed by atoms with Crippen molar-refractivity contribution in [1.29, 1.82) is 0 Å². The Kier molecular flexibility index (Phi) is 5.09. The molecule has 96 valence electrons. The Morgan fingerprint density at radius 2 is 2.12 bits per heavy atom. The molecule has 0 saturated heterocycles. The number of aryl methyl sites for hydroxylation is 1. The van der Waals surface area contributed by atoms with Crippen LogP contribution in [0.25, 0.3) is 0 Å². The number of nitrogens with two attached hydrogens (primary N) is 1. The van der Waals surface area contributed by atoms with Gasteiger partial charge in [-0.3, -0.25) is 9.88 Å². The third kappa shape index (κ3) is 3.79. The summed E-state index contributed by atoms with van der Waals surface area (Å²) >= 11 is 0. The van der Waals surface area contributed by atoms with E-state index in [9.17, 15) is 0 Å². The van der Waals surface area contributed by atoms with Crippen LogP contribution in [0.4, 0.5) is 0 Å². The lowest BCUT2D eigenvalue weighted by molar-refractivity contribution is 0.123. The summed E-state index contributed by atoms with van der Waals surface area (Å²) in [6.07, 6.45) is 2.27. The Balaban J connectivity index is 2.73. The molecule has 1 aromatic heterocycles. The standard InChI is InChI=1S/C14H25N3/c1-5-9-14(3,11-15)17(4)10-13-8-6-7-12(2)16-13/h6-8H,5,9-11,15H2,1-4H3. The maximum absolute atomic E-state index is 5.92. The molecule has 0 aliphatic carbocycles. The van der Waals surface area contributed by atoms with E-state index in [1.165, 1.54) is 0 Å². The maximum atomic E-state index is 5.92. The molecule has 0 saturated carbocycles. The molecule has 0 aromatic carbocycles. The highest BCUT2D eigenvalue weighted by molar-refractivity contribution is 5.10. The summed E-state index contributed by atoms with van der Waals surface area (Å²) in [4.78, 5) is 6.86. The van der Waals surface area contributed by atoms with Crippen LogP contribution in [0.1, 0.15) is 38.1 Å². The van der Waals surface area contributed by atoms with Crippen LogP contribution in [0, 0.1) is 6.92 Å². The van der Waals surface area contributed by atoms with Gasteiger partial charge in [0.05, 0.1) is 5.69 Å². The first-order valence-corrected chi connectivity index (χ1v) is 6.35. The SMILES string of the molecule is CCCC(C)(CN)N(C)Cc1cccc(C)n1. The van der Waals surface area contributed by atoms with Gasteiger partial charge in [0.1, 0.15) is 0 Å². The Morgan fingerprint density at radius 3 is 2.65 bits per heavy atom. The quantitative estimate of drug-likeness (QED) is 0.823. The molecule has 2 N–H and O–H groups in total. The normalized spacial score (nSPS) is 14.9. The van der Waals surface area contributed by atoms with Crippen molar-refractivity contribution in [3.8, 4) is 0 Å². The molecule has 1 atom stereocenters. The second kappa shape index (κ2) is 6.12. The van der Waals surface area contributed by atoms with Crippen molar-refractivity contribution in [1.82, 2.24) is 9.88 Å². The topological polar surface area (TPSA) is 42.1 Å². The number of aromatic nitrogens is 1. The molecule has 1 heterocycles. The minimum atomic E-state index is 0.0696. The third-order valence-electron chi connectivity index (χ3n) is 3.50.